The van der Waals surface area contributed by atoms with Crippen molar-refractivity contribution in [2.75, 3.05) is 26.2 Å². The topological polar surface area (TPSA) is 61.3 Å². The molecule has 7 heteroatoms. The molecule has 1 aliphatic rings. The highest BCUT2D eigenvalue weighted by Crippen LogP contribution is 2.29. The number of hydrogen-bond acceptors (Lipinski definition) is 4. The van der Waals surface area contributed by atoms with Gasteiger partial charge in [0.25, 0.3) is 11.5 Å². The first kappa shape index (κ1) is 23.2. The van der Waals surface area contributed by atoms with Gasteiger partial charge in [-0.3, -0.25) is 19.1 Å². The summed E-state index contributed by atoms with van der Waals surface area (Å²) in [6.45, 7) is 5.21. The van der Waals surface area contributed by atoms with E-state index in [9.17, 15) is 9.59 Å². The molecule has 0 bridgehead atoms. The maximum absolute atomic E-state index is 13.3. The van der Waals surface area contributed by atoms with E-state index >= 15 is 0 Å². The van der Waals surface area contributed by atoms with Crippen molar-refractivity contribution in [3.8, 4) is 0 Å². The average Bonchev–Trinajstić information content (AvgIpc) is 2.90. The largest absolute Gasteiger partial charge is 0.336 e. The van der Waals surface area contributed by atoms with Crippen LogP contribution in [0, 0.1) is 4.77 Å². The summed E-state index contributed by atoms with van der Waals surface area (Å²) in [5.41, 5.74) is 3.53. The maximum Gasteiger partial charge on any atom is 0.262 e. The molecule has 1 saturated heterocycles. The van der Waals surface area contributed by atoms with E-state index < -0.39 is 0 Å². The molecule has 1 N–H and O–H groups in total. The van der Waals surface area contributed by atoms with Crippen LogP contribution in [0.1, 0.15) is 34.5 Å². The SMILES string of the molecule is CCn1c(=S)[nH]c2cc(C(=O)N3CCN(C(c4ccccc4)c4ccccc4)CC3)ccc2c1=O. The lowest BCUT2D eigenvalue weighted by atomic mass is 9.96. The van der Waals surface area contributed by atoms with Crippen LogP contribution in [0.25, 0.3) is 10.9 Å². The fraction of sp³-hybridized carbons (Fsp3) is 0.250. The number of rotatable bonds is 5. The predicted octanol–water partition coefficient (Wildman–Crippen LogP) is 4.63. The summed E-state index contributed by atoms with van der Waals surface area (Å²) in [5, 5.41) is 0.537. The second-order valence-corrected chi connectivity index (χ2v) is 9.18. The van der Waals surface area contributed by atoms with Gasteiger partial charge in [0.2, 0.25) is 0 Å². The molecule has 4 aromatic rings. The van der Waals surface area contributed by atoms with Gasteiger partial charge in [-0.05, 0) is 48.5 Å². The molecule has 0 saturated carbocycles. The van der Waals surface area contributed by atoms with Crippen molar-refractivity contribution in [1.82, 2.24) is 19.4 Å². The molecule has 3 aromatic carbocycles. The highest BCUT2D eigenvalue weighted by atomic mass is 32.1. The van der Waals surface area contributed by atoms with E-state index in [2.05, 4.69) is 58.4 Å². The highest BCUT2D eigenvalue weighted by Gasteiger charge is 2.28. The van der Waals surface area contributed by atoms with Crippen molar-refractivity contribution in [2.24, 2.45) is 0 Å². The van der Waals surface area contributed by atoms with Gasteiger partial charge in [-0.25, -0.2) is 0 Å². The van der Waals surface area contributed by atoms with E-state index in [0.717, 1.165) is 13.1 Å². The molecule has 1 aliphatic heterocycles. The van der Waals surface area contributed by atoms with Crippen LogP contribution >= 0.6 is 12.2 Å². The number of carbonyl (C=O) groups excluding carboxylic acids is 1. The van der Waals surface area contributed by atoms with Gasteiger partial charge in [0.15, 0.2) is 4.77 Å². The van der Waals surface area contributed by atoms with E-state index in [1.165, 1.54) is 15.7 Å². The van der Waals surface area contributed by atoms with Gasteiger partial charge in [-0.1, -0.05) is 60.7 Å². The molecule has 0 spiro atoms. The smallest absolute Gasteiger partial charge is 0.262 e. The molecule has 0 radical (unpaired) electrons. The first-order valence-electron chi connectivity index (χ1n) is 12.0. The number of benzene rings is 3. The van der Waals surface area contributed by atoms with E-state index in [-0.39, 0.29) is 17.5 Å². The number of nitrogens with one attached hydrogen (secondary N) is 1. The summed E-state index contributed by atoms with van der Waals surface area (Å²) in [6.07, 6.45) is 0. The zero-order valence-electron chi connectivity index (χ0n) is 19.7. The van der Waals surface area contributed by atoms with E-state index in [0.29, 0.717) is 40.9 Å². The highest BCUT2D eigenvalue weighted by molar-refractivity contribution is 7.71. The minimum atomic E-state index is -0.133. The molecule has 35 heavy (non-hydrogen) atoms. The third kappa shape index (κ3) is 4.57. The molecular weight excluding hydrogens is 456 g/mol. The summed E-state index contributed by atoms with van der Waals surface area (Å²) in [5.74, 6) is -0.0264. The number of fused-ring (bicyclic) bond motifs is 1. The lowest BCUT2D eigenvalue weighted by molar-refractivity contribution is 0.0597. The number of H-pyrrole nitrogens is 1. The Kier molecular flexibility index (Phi) is 6.61. The molecule has 2 heterocycles. The van der Waals surface area contributed by atoms with Crippen molar-refractivity contribution in [2.45, 2.75) is 19.5 Å². The number of hydrogen-bond donors (Lipinski definition) is 1. The van der Waals surface area contributed by atoms with Gasteiger partial charge in [0, 0.05) is 38.3 Å². The quantitative estimate of drug-likeness (QED) is 0.420. The van der Waals surface area contributed by atoms with Crippen LogP contribution in [0.3, 0.4) is 0 Å². The molecule has 0 unspecified atom stereocenters. The first-order valence-corrected chi connectivity index (χ1v) is 12.4. The minimum absolute atomic E-state index is 0.0264. The Hall–Kier alpha value is -3.55. The zero-order chi connectivity index (χ0) is 24.4. The van der Waals surface area contributed by atoms with E-state index in [1.54, 1.807) is 18.2 Å². The van der Waals surface area contributed by atoms with Crippen molar-refractivity contribution >= 4 is 29.0 Å². The van der Waals surface area contributed by atoms with Crippen LogP contribution in [-0.2, 0) is 6.54 Å². The fourth-order valence-corrected chi connectivity index (χ4v) is 5.25. The minimum Gasteiger partial charge on any atom is -0.336 e. The average molecular weight is 485 g/mol. The second kappa shape index (κ2) is 9.98. The molecule has 1 amide bonds. The number of amides is 1. The number of carbonyl (C=O) groups is 1. The molecule has 1 fully saturated rings. The van der Waals surface area contributed by atoms with E-state index in [4.69, 9.17) is 12.2 Å². The Morgan fingerprint density at radius 2 is 1.51 bits per heavy atom. The lowest BCUT2D eigenvalue weighted by Crippen LogP contribution is -2.49. The van der Waals surface area contributed by atoms with Crippen LogP contribution in [0.4, 0.5) is 0 Å². The first-order chi connectivity index (χ1) is 17.1. The van der Waals surface area contributed by atoms with Gasteiger partial charge in [0.05, 0.1) is 16.9 Å². The molecule has 0 aliphatic carbocycles. The monoisotopic (exact) mass is 484 g/mol. The zero-order valence-corrected chi connectivity index (χ0v) is 20.5. The van der Waals surface area contributed by atoms with Crippen LogP contribution in [0.2, 0.25) is 0 Å². The van der Waals surface area contributed by atoms with Crippen molar-refractivity contribution in [3.63, 3.8) is 0 Å². The van der Waals surface area contributed by atoms with E-state index in [1.807, 2.05) is 24.0 Å². The summed E-state index contributed by atoms with van der Waals surface area (Å²) in [6, 6.07) is 26.4. The van der Waals surface area contributed by atoms with Crippen molar-refractivity contribution in [1.29, 1.82) is 0 Å². The van der Waals surface area contributed by atoms with Crippen LogP contribution < -0.4 is 5.56 Å². The summed E-state index contributed by atoms with van der Waals surface area (Å²) in [7, 11) is 0. The summed E-state index contributed by atoms with van der Waals surface area (Å²) >= 11 is 5.32. The molecule has 1 aromatic heterocycles. The Morgan fingerprint density at radius 1 is 0.914 bits per heavy atom. The van der Waals surface area contributed by atoms with Crippen LogP contribution in [0.15, 0.2) is 83.7 Å². The van der Waals surface area contributed by atoms with Gasteiger partial charge >= 0.3 is 0 Å². The number of piperazine rings is 1. The van der Waals surface area contributed by atoms with Gasteiger partial charge in [-0.2, -0.15) is 0 Å². The number of nitrogens with zero attached hydrogens (tertiary/aromatic N) is 3. The molecule has 178 valence electrons. The van der Waals surface area contributed by atoms with Gasteiger partial charge in [-0.15, -0.1) is 0 Å². The van der Waals surface area contributed by atoms with Crippen molar-refractivity contribution < 1.29 is 4.79 Å². The lowest BCUT2D eigenvalue weighted by Gasteiger charge is -2.39. The van der Waals surface area contributed by atoms with Gasteiger partial charge in [0.1, 0.15) is 0 Å². The fourth-order valence-electron chi connectivity index (χ4n) is 4.93. The molecule has 5 rings (SSSR count). The van der Waals surface area contributed by atoms with Crippen LogP contribution in [-0.4, -0.2) is 51.4 Å². The Bertz CT molecular complexity index is 1420. The summed E-state index contributed by atoms with van der Waals surface area (Å²) < 4.78 is 1.89. The Balaban J connectivity index is 1.36. The number of aromatic amines is 1. The van der Waals surface area contributed by atoms with Crippen LogP contribution in [0.5, 0.6) is 0 Å². The standard InChI is InChI=1S/C28H28N4O2S/c1-2-32-27(34)23-14-13-22(19-24(23)29-28(32)35)26(33)31-17-15-30(16-18-31)25(20-9-5-3-6-10-20)21-11-7-4-8-12-21/h3-14,19,25H,2,15-18H2,1H3,(H,29,35). The van der Waals surface area contributed by atoms with Crippen molar-refractivity contribution in [3.05, 3.63) is 111 Å². The molecule has 6 nitrogen and oxygen atoms in total. The third-order valence-corrected chi connectivity index (χ3v) is 7.06. The maximum atomic E-state index is 13.3. The second-order valence-electron chi connectivity index (χ2n) is 8.79. The Morgan fingerprint density at radius 3 is 2.09 bits per heavy atom. The predicted molar refractivity (Wildman–Crippen MR) is 141 cm³/mol. The Labute approximate surface area is 209 Å². The summed E-state index contributed by atoms with van der Waals surface area (Å²) in [4.78, 5) is 33.5. The molecule has 0 atom stereocenters. The third-order valence-electron chi connectivity index (χ3n) is 6.74. The normalized spacial score (nSPS) is 14.5. The molecular formula is C28H28N4O2S. The number of aromatic nitrogens is 2. The van der Waals surface area contributed by atoms with Gasteiger partial charge < -0.3 is 9.88 Å².